The van der Waals surface area contributed by atoms with Crippen LogP contribution in [0.3, 0.4) is 0 Å². The molecule has 0 radical (unpaired) electrons. The maximum absolute atomic E-state index is 12.3. The second kappa shape index (κ2) is 7.14. The molecule has 0 aliphatic heterocycles. The molecule has 26 heavy (non-hydrogen) atoms. The first-order valence-electron chi connectivity index (χ1n) is 7.77. The molecule has 8 nitrogen and oxygen atoms in total. The third kappa shape index (κ3) is 3.16. The number of phenols is 1. The molecule has 0 atom stereocenters. The molecule has 1 amide bonds. The maximum atomic E-state index is 12.3. The molecule has 1 aromatic carbocycles. The minimum absolute atomic E-state index is 0.100. The topological polar surface area (TPSA) is 97.5 Å². The number of aromatic nitrogens is 2. The van der Waals surface area contributed by atoms with Crippen molar-refractivity contribution >= 4 is 17.8 Å². The predicted molar refractivity (Wildman–Crippen MR) is 96.2 cm³/mol. The number of methoxy groups -OCH3 is 2. The smallest absolute Gasteiger partial charge is 0.291 e. The molecule has 0 bridgehead atoms. The first-order chi connectivity index (χ1) is 12.5. The van der Waals surface area contributed by atoms with Crippen LogP contribution in [0.15, 0.2) is 41.6 Å². The molecule has 134 valence electrons. The minimum atomic E-state index is -0.417. The number of aryl methyl sites for hydroxylation is 1. The molecule has 0 saturated heterocycles. The zero-order valence-corrected chi connectivity index (χ0v) is 14.6. The molecular weight excluding hydrogens is 336 g/mol. The van der Waals surface area contributed by atoms with Crippen molar-refractivity contribution in [3.8, 4) is 17.2 Å². The van der Waals surface area contributed by atoms with E-state index in [-0.39, 0.29) is 17.2 Å². The lowest BCUT2D eigenvalue weighted by molar-refractivity contribution is 0.0950. The predicted octanol–water partition coefficient (Wildman–Crippen LogP) is 2.13. The molecule has 0 unspecified atom stereocenters. The number of carbonyl (C=O) groups is 1. The van der Waals surface area contributed by atoms with Crippen molar-refractivity contribution in [3.05, 3.63) is 53.5 Å². The Kier molecular flexibility index (Phi) is 4.74. The number of imidazole rings is 1. The second-order valence-corrected chi connectivity index (χ2v) is 5.45. The summed E-state index contributed by atoms with van der Waals surface area (Å²) in [7, 11) is 2.87. The van der Waals surface area contributed by atoms with Crippen LogP contribution in [0.2, 0.25) is 0 Å². The molecule has 0 aliphatic carbocycles. The standard InChI is InChI=1S/C18H18N4O4/c1-11-16(20-15-6-4-5-7-22(11)15)18(24)21-19-10-12-8-13(25-2)17(23)14(9-12)26-3/h4-10,23H,1-3H3,(H,21,24)/b19-10+. The van der Waals surface area contributed by atoms with Gasteiger partial charge in [-0.3, -0.25) is 4.79 Å². The van der Waals surface area contributed by atoms with Crippen LogP contribution in [0.4, 0.5) is 0 Å². The maximum Gasteiger partial charge on any atom is 0.291 e. The van der Waals surface area contributed by atoms with E-state index in [1.54, 1.807) is 12.1 Å². The van der Waals surface area contributed by atoms with Gasteiger partial charge in [-0.1, -0.05) is 6.07 Å². The van der Waals surface area contributed by atoms with E-state index >= 15 is 0 Å². The minimum Gasteiger partial charge on any atom is -0.502 e. The molecule has 3 aromatic rings. The van der Waals surface area contributed by atoms with E-state index in [2.05, 4.69) is 15.5 Å². The average molecular weight is 354 g/mol. The Morgan fingerprint density at radius 1 is 1.27 bits per heavy atom. The van der Waals surface area contributed by atoms with Crippen LogP contribution in [0, 0.1) is 6.92 Å². The summed E-state index contributed by atoms with van der Waals surface area (Å²) in [5.74, 6) is -0.0293. The number of pyridine rings is 1. The monoisotopic (exact) mass is 354 g/mol. The summed E-state index contributed by atoms with van der Waals surface area (Å²) in [6.07, 6.45) is 3.26. The number of hydrazone groups is 1. The van der Waals surface area contributed by atoms with Crippen molar-refractivity contribution in [2.75, 3.05) is 14.2 Å². The van der Waals surface area contributed by atoms with Crippen LogP contribution >= 0.6 is 0 Å². The highest BCUT2D eigenvalue weighted by molar-refractivity contribution is 5.95. The van der Waals surface area contributed by atoms with Gasteiger partial charge in [0.15, 0.2) is 17.2 Å². The number of amides is 1. The first kappa shape index (κ1) is 17.3. The van der Waals surface area contributed by atoms with E-state index in [9.17, 15) is 9.90 Å². The number of rotatable bonds is 5. The van der Waals surface area contributed by atoms with Crippen LogP contribution in [0.25, 0.3) is 5.65 Å². The van der Waals surface area contributed by atoms with E-state index < -0.39 is 5.91 Å². The zero-order valence-electron chi connectivity index (χ0n) is 14.6. The van der Waals surface area contributed by atoms with Gasteiger partial charge in [-0.05, 0) is 31.2 Å². The Hall–Kier alpha value is -3.55. The van der Waals surface area contributed by atoms with Crippen molar-refractivity contribution in [1.82, 2.24) is 14.8 Å². The Labute approximate surface area is 149 Å². The van der Waals surface area contributed by atoms with Gasteiger partial charge in [0.1, 0.15) is 5.65 Å². The van der Waals surface area contributed by atoms with Gasteiger partial charge in [0.05, 0.1) is 26.1 Å². The van der Waals surface area contributed by atoms with Crippen LogP contribution in [-0.2, 0) is 0 Å². The first-order valence-corrected chi connectivity index (χ1v) is 7.77. The largest absolute Gasteiger partial charge is 0.502 e. The second-order valence-electron chi connectivity index (χ2n) is 5.45. The highest BCUT2D eigenvalue weighted by Crippen LogP contribution is 2.36. The number of phenolic OH excluding ortho intramolecular Hbond substituents is 1. The molecule has 2 N–H and O–H groups in total. The zero-order chi connectivity index (χ0) is 18.7. The fraction of sp³-hybridized carbons (Fsp3) is 0.167. The van der Waals surface area contributed by atoms with E-state index in [0.717, 1.165) is 5.69 Å². The van der Waals surface area contributed by atoms with Crippen molar-refractivity contribution in [3.63, 3.8) is 0 Å². The van der Waals surface area contributed by atoms with E-state index in [1.165, 1.54) is 20.4 Å². The van der Waals surface area contributed by atoms with Crippen molar-refractivity contribution < 1.29 is 19.4 Å². The molecule has 3 rings (SSSR count). The molecule has 8 heteroatoms. The summed E-state index contributed by atoms with van der Waals surface area (Å²) >= 11 is 0. The summed E-state index contributed by atoms with van der Waals surface area (Å²) in [5.41, 5.74) is 4.75. The quantitative estimate of drug-likeness (QED) is 0.540. The number of nitrogens with zero attached hydrogens (tertiary/aromatic N) is 3. The van der Waals surface area contributed by atoms with Crippen LogP contribution in [0.1, 0.15) is 21.7 Å². The molecule has 0 aliphatic rings. The number of hydrogen-bond donors (Lipinski definition) is 2. The van der Waals surface area contributed by atoms with Crippen molar-refractivity contribution in [2.45, 2.75) is 6.92 Å². The normalized spacial score (nSPS) is 11.0. The number of carbonyl (C=O) groups excluding carboxylic acids is 1. The van der Waals surface area contributed by atoms with Crippen molar-refractivity contribution in [1.29, 1.82) is 0 Å². The highest BCUT2D eigenvalue weighted by atomic mass is 16.5. The Bertz CT molecular complexity index is 969. The number of benzene rings is 1. The van der Waals surface area contributed by atoms with Gasteiger partial charge in [-0.2, -0.15) is 5.10 Å². The SMILES string of the molecule is COc1cc(/C=N/NC(=O)c2nc3ccccn3c2C)cc(OC)c1O. The molecule has 2 aromatic heterocycles. The van der Waals surface area contributed by atoms with Gasteiger partial charge in [0.25, 0.3) is 5.91 Å². The van der Waals surface area contributed by atoms with E-state index in [4.69, 9.17) is 9.47 Å². The van der Waals surface area contributed by atoms with E-state index in [0.29, 0.717) is 16.9 Å². The fourth-order valence-corrected chi connectivity index (χ4v) is 2.54. The summed E-state index contributed by atoms with van der Waals surface area (Å²) in [6, 6.07) is 8.69. The van der Waals surface area contributed by atoms with Crippen LogP contribution in [0.5, 0.6) is 17.2 Å². The Morgan fingerprint density at radius 3 is 2.58 bits per heavy atom. The Balaban J connectivity index is 1.79. The highest BCUT2D eigenvalue weighted by Gasteiger charge is 2.15. The van der Waals surface area contributed by atoms with Gasteiger partial charge >= 0.3 is 0 Å². The lowest BCUT2D eigenvalue weighted by Gasteiger charge is -2.09. The molecule has 0 spiro atoms. The van der Waals surface area contributed by atoms with Crippen molar-refractivity contribution in [2.24, 2.45) is 5.10 Å². The molecule has 0 saturated carbocycles. The average Bonchev–Trinajstić information content (AvgIpc) is 3.00. The third-order valence-corrected chi connectivity index (χ3v) is 3.87. The number of hydrogen-bond acceptors (Lipinski definition) is 6. The summed E-state index contributed by atoms with van der Waals surface area (Å²) in [4.78, 5) is 16.6. The molecule has 0 fully saturated rings. The lowest BCUT2D eigenvalue weighted by Crippen LogP contribution is -2.19. The van der Waals surface area contributed by atoms with Crippen LogP contribution < -0.4 is 14.9 Å². The molecule has 2 heterocycles. The lowest BCUT2D eigenvalue weighted by atomic mass is 10.2. The summed E-state index contributed by atoms with van der Waals surface area (Å²) < 4.78 is 12.0. The van der Waals surface area contributed by atoms with E-state index in [1.807, 2.05) is 35.7 Å². The number of aromatic hydroxyl groups is 1. The van der Waals surface area contributed by atoms with Gasteiger partial charge in [-0.25, -0.2) is 10.4 Å². The number of nitrogens with one attached hydrogen (secondary N) is 1. The summed E-state index contributed by atoms with van der Waals surface area (Å²) in [5, 5.41) is 13.8. The van der Waals surface area contributed by atoms with Gasteiger partial charge < -0.3 is 19.0 Å². The van der Waals surface area contributed by atoms with Gasteiger partial charge in [-0.15, -0.1) is 0 Å². The summed E-state index contributed by atoms with van der Waals surface area (Å²) in [6.45, 7) is 1.81. The van der Waals surface area contributed by atoms with Gasteiger partial charge in [0.2, 0.25) is 5.75 Å². The molecular formula is C18H18N4O4. The third-order valence-electron chi connectivity index (χ3n) is 3.87. The number of ether oxygens (including phenoxy) is 2. The Morgan fingerprint density at radius 2 is 1.96 bits per heavy atom. The van der Waals surface area contributed by atoms with Gasteiger partial charge in [0, 0.05) is 11.8 Å². The van der Waals surface area contributed by atoms with Crippen LogP contribution in [-0.4, -0.2) is 40.8 Å². The fourth-order valence-electron chi connectivity index (χ4n) is 2.54. The number of fused-ring (bicyclic) bond motifs is 1.